The molecule has 0 bridgehead atoms. The molecular formula is C9H15FO. The number of halogens is 1. The van der Waals surface area contributed by atoms with E-state index < -0.39 is 6.17 Å². The van der Waals surface area contributed by atoms with Gasteiger partial charge in [0.15, 0.2) is 0 Å². The molecule has 3 unspecified atom stereocenters. The van der Waals surface area contributed by atoms with Crippen LogP contribution in [0.2, 0.25) is 0 Å². The molecule has 0 radical (unpaired) electrons. The molecule has 1 aliphatic carbocycles. The van der Waals surface area contributed by atoms with Crippen molar-refractivity contribution in [2.75, 3.05) is 7.11 Å². The minimum Gasteiger partial charge on any atom is -0.381 e. The van der Waals surface area contributed by atoms with Gasteiger partial charge in [0, 0.05) is 19.4 Å². The van der Waals surface area contributed by atoms with E-state index in [2.05, 4.69) is 6.92 Å². The van der Waals surface area contributed by atoms with Crippen LogP contribution in [0.3, 0.4) is 0 Å². The fraction of sp³-hybridized carbons (Fsp3) is 0.778. The summed E-state index contributed by atoms with van der Waals surface area (Å²) >= 11 is 0. The van der Waals surface area contributed by atoms with Crippen LogP contribution in [0.15, 0.2) is 11.6 Å². The van der Waals surface area contributed by atoms with Crippen LogP contribution in [0.5, 0.6) is 0 Å². The molecule has 64 valence electrons. The van der Waals surface area contributed by atoms with Crippen molar-refractivity contribution < 1.29 is 9.13 Å². The highest BCUT2D eigenvalue weighted by Crippen LogP contribution is 2.27. The van der Waals surface area contributed by atoms with Gasteiger partial charge in [0.25, 0.3) is 0 Å². The van der Waals surface area contributed by atoms with Gasteiger partial charge in [0.2, 0.25) is 0 Å². The number of allylic oxidation sites excluding steroid dienone is 1. The largest absolute Gasteiger partial charge is 0.381 e. The summed E-state index contributed by atoms with van der Waals surface area (Å²) in [7, 11) is 1.64. The van der Waals surface area contributed by atoms with E-state index in [9.17, 15) is 4.39 Å². The Balaban J connectivity index is 2.67. The molecule has 2 heteroatoms. The molecule has 0 saturated heterocycles. The Morgan fingerprint density at radius 1 is 1.64 bits per heavy atom. The van der Waals surface area contributed by atoms with E-state index in [4.69, 9.17) is 4.74 Å². The number of rotatable bonds is 1. The molecule has 0 N–H and O–H groups in total. The number of hydrogen-bond donors (Lipinski definition) is 0. The van der Waals surface area contributed by atoms with Crippen LogP contribution in [0.25, 0.3) is 0 Å². The maximum atomic E-state index is 13.0. The molecular weight excluding hydrogens is 143 g/mol. The van der Waals surface area contributed by atoms with Crippen LogP contribution in [-0.4, -0.2) is 19.4 Å². The third kappa shape index (κ3) is 1.80. The standard InChI is InChI=1S/C9H15FO/c1-6-4-7(2)9(11-3)5-8(6)10/h4,7-9H,5H2,1-3H3. The van der Waals surface area contributed by atoms with E-state index in [1.54, 1.807) is 7.11 Å². The average Bonchev–Trinajstić information content (AvgIpc) is 1.97. The summed E-state index contributed by atoms with van der Waals surface area (Å²) < 4.78 is 18.2. The molecule has 1 nitrogen and oxygen atoms in total. The molecule has 11 heavy (non-hydrogen) atoms. The van der Waals surface area contributed by atoms with Crippen molar-refractivity contribution in [3.63, 3.8) is 0 Å². The number of ether oxygens (including phenoxy) is 1. The van der Waals surface area contributed by atoms with Crippen molar-refractivity contribution in [2.24, 2.45) is 5.92 Å². The van der Waals surface area contributed by atoms with Crippen molar-refractivity contribution in [1.29, 1.82) is 0 Å². The van der Waals surface area contributed by atoms with E-state index in [1.165, 1.54) is 0 Å². The first-order valence-corrected chi connectivity index (χ1v) is 4.00. The highest BCUT2D eigenvalue weighted by atomic mass is 19.1. The summed E-state index contributed by atoms with van der Waals surface area (Å²) in [6, 6.07) is 0. The minimum atomic E-state index is -0.795. The fourth-order valence-electron chi connectivity index (χ4n) is 1.54. The van der Waals surface area contributed by atoms with Gasteiger partial charge in [-0.3, -0.25) is 0 Å². The van der Waals surface area contributed by atoms with Crippen LogP contribution < -0.4 is 0 Å². The topological polar surface area (TPSA) is 9.23 Å². The maximum Gasteiger partial charge on any atom is 0.123 e. The lowest BCUT2D eigenvalue weighted by atomic mass is 9.88. The second-order valence-electron chi connectivity index (χ2n) is 3.25. The van der Waals surface area contributed by atoms with Crippen molar-refractivity contribution >= 4 is 0 Å². The van der Waals surface area contributed by atoms with Gasteiger partial charge in [-0.15, -0.1) is 0 Å². The van der Waals surface area contributed by atoms with Gasteiger partial charge in [-0.2, -0.15) is 0 Å². The number of hydrogen-bond acceptors (Lipinski definition) is 1. The highest BCUT2D eigenvalue weighted by molar-refractivity contribution is 5.12. The van der Waals surface area contributed by atoms with Crippen LogP contribution in [-0.2, 0) is 4.74 Å². The Hall–Kier alpha value is -0.370. The number of methoxy groups -OCH3 is 1. The lowest BCUT2D eigenvalue weighted by Gasteiger charge is -2.27. The smallest absolute Gasteiger partial charge is 0.123 e. The van der Waals surface area contributed by atoms with Crippen molar-refractivity contribution in [3.8, 4) is 0 Å². The van der Waals surface area contributed by atoms with Crippen LogP contribution in [0.4, 0.5) is 4.39 Å². The van der Waals surface area contributed by atoms with Crippen LogP contribution in [0.1, 0.15) is 20.3 Å². The van der Waals surface area contributed by atoms with Crippen LogP contribution in [0, 0.1) is 5.92 Å². The highest BCUT2D eigenvalue weighted by Gasteiger charge is 2.26. The van der Waals surface area contributed by atoms with Crippen molar-refractivity contribution in [2.45, 2.75) is 32.5 Å². The molecule has 0 amide bonds. The van der Waals surface area contributed by atoms with Crippen molar-refractivity contribution in [1.82, 2.24) is 0 Å². The SMILES string of the molecule is COC1CC(F)C(C)=CC1C. The van der Waals surface area contributed by atoms with Crippen LogP contribution >= 0.6 is 0 Å². The first-order valence-electron chi connectivity index (χ1n) is 4.00. The molecule has 0 heterocycles. The third-order valence-corrected chi connectivity index (χ3v) is 2.35. The monoisotopic (exact) mass is 158 g/mol. The maximum absolute atomic E-state index is 13.0. The molecule has 0 fully saturated rings. The summed E-state index contributed by atoms with van der Waals surface area (Å²) in [4.78, 5) is 0. The third-order valence-electron chi connectivity index (χ3n) is 2.35. The van der Waals surface area contributed by atoms with Gasteiger partial charge in [-0.1, -0.05) is 13.0 Å². The number of alkyl halides is 1. The summed E-state index contributed by atoms with van der Waals surface area (Å²) in [6.45, 7) is 3.90. The lowest BCUT2D eigenvalue weighted by Crippen LogP contribution is -2.28. The normalized spacial score (nSPS) is 38.5. The van der Waals surface area contributed by atoms with Gasteiger partial charge in [-0.25, -0.2) is 4.39 Å². The molecule has 0 aromatic rings. The Morgan fingerprint density at radius 2 is 2.27 bits per heavy atom. The Morgan fingerprint density at radius 3 is 2.82 bits per heavy atom. The molecule has 0 aromatic carbocycles. The molecule has 0 spiro atoms. The second-order valence-corrected chi connectivity index (χ2v) is 3.25. The summed E-state index contributed by atoms with van der Waals surface area (Å²) in [5.41, 5.74) is 0.853. The fourth-order valence-corrected chi connectivity index (χ4v) is 1.54. The van der Waals surface area contributed by atoms with E-state index >= 15 is 0 Å². The van der Waals surface area contributed by atoms with E-state index in [0.29, 0.717) is 12.3 Å². The molecule has 0 aliphatic heterocycles. The molecule has 0 saturated carbocycles. The summed E-state index contributed by atoms with van der Waals surface area (Å²) in [6.07, 6.45) is 1.74. The minimum absolute atomic E-state index is 0.0636. The summed E-state index contributed by atoms with van der Waals surface area (Å²) in [5, 5.41) is 0. The predicted molar refractivity (Wildman–Crippen MR) is 43.2 cm³/mol. The van der Waals surface area contributed by atoms with Gasteiger partial charge < -0.3 is 4.74 Å². The quantitative estimate of drug-likeness (QED) is 0.532. The molecule has 1 aliphatic rings. The molecule has 0 aromatic heterocycles. The zero-order valence-corrected chi connectivity index (χ0v) is 7.30. The van der Waals surface area contributed by atoms with Gasteiger partial charge >= 0.3 is 0 Å². The molecule has 3 atom stereocenters. The van der Waals surface area contributed by atoms with Gasteiger partial charge in [-0.05, 0) is 12.5 Å². The first-order chi connectivity index (χ1) is 5.15. The Bertz CT molecular complexity index is 165. The first kappa shape index (κ1) is 8.72. The second kappa shape index (κ2) is 3.35. The molecule has 1 rings (SSSR count). The average molecular weight is 158 g/mol. The van der Waals surface area contributed by atoms with Gasteiger partial charge in [0.05, 0.1) is 6.10 Å². The Kier molecular flexibility index (Phi) is 2.66. The van der Waals surface area contributed by atoms with E-state index in [1.807, 2.05) is 13.0 Å². The zero-order chi connectivity index (χ0) is 8.43. The Labute approximate surface area is 67.2 Å². The van der Waals surface area contributed by atoms with Crippen molar-refractivity contribution in [3.05, 3.63) is 11.6 Å². The predicted octanol–water partition coefficient (Wildman–Crippen LogP) is 2.33. The van der Waals surface area contributed by atoms with E-state index in [-0.39, 0.29) is 6.10 Å². The van der Waals surface area contributed by atoms with Gasteiger partial charge in [0.1, 0.15) is 6.17 Å². The van der Waals surface area contributed by atoms with E-state index in [0.717, 1.165) is 5.57 Å². The lowest BCUT2D eigenvalue weighted by molar-refractivity contribution is 0.0438. The summed E-state index contributed by atoms with van der Waals surface area (Å²) in [5.74, 6) is 0.354. The zero-order valence-electron chi connectivity index (χ0n) is 7.30.